The number of rotatable bonds is 11. The van der Waals surface area contributed by atoms with Crippen molar-refractivity contribution in [2.75, 3.05) is 13.2 Å². The summed E-state index contributed by atoms with van der Waals surface area (Å²) in [5.41, 5.74) is -13.2. The zero-order valence-corrected chi connectivity index (χ0v) is 55.4. The maximum Gasteiger partial charge on any atom is 0.342 e. The standard InChI is InChI=1S/C68H50O45/c69-23-1-14(2-24(70)39(23)79)57(91)102-12-32-45(85)50(90)54(65(105-32)111-58(92)15-3-25(71)40(80)26(72)4-15)108-64(98)22-9-30(76)43(83)49(89)51(22)104-31-10-18-36(47(87)44(31)84)35-17(8-29(75)42(82)46(35)86)61(95)109-55-53-33(13-103-60(18)94)106-66(112-59(93)16-5-27(73)41(81)28(74)6-16)56(55)110-63(97)21-7-19-37-20(62(96)107-53)11-34(77)68(101,67(37,99)100)113-52(19)48(88)38(21)78/h1-11,32-33,37,45,50,53-56,65-66,69-76,78-90,99-101H,12-13H2/t32-,33+,37+,45-,50+,53-,54-,55+,56-,65+,66-,68-/m1/s1. The number of fused-ring (bicyclic) bond motifs is 5. The van der Waals surface area contributed by atoms with E-state index in [0.29, 0.717) is 42.5 Å². The number of ketones is 1. The third-order valence-corrected chi connectivity index (χ3v) is 18.3. The Morgan fingerprint density at radius 3 is 1.50 bits per heavy atom. The van der Waals surface area contributed by atoms with Gasteiger partial charge in [-0.25, -0.2) is 38.4 Å². The van der Waals surface area contributed by atoms with Crippen LogP contribution in [0.5, 0.6) is 126 Å². The molecular formula is C68H50O45. The van der Waals surface area contributed by atoms with E-state index in [1.165, 1.54) is 0 Å². The van der Waals surface area contributed by atoms with Crippen LogP contribution in [0.2, 0.25) is 0 Å². The molecular weight excluding hydrogens is 1540 g/mol. The first kappa shape index (κ1) is 76.4. The molecule has 5 aliphatic heterocycles. The minimum absolute atomic E-state index is 0.176. The average Bonchev–Trinajstić information content (AvgIpc) is 0.691. The van der Waals surface area contributed by atoms with E-state index in [0.717, 1.165) is 0 Å². The van der Waals surface area contributed by atoms with Crippen LogP contribution in [0.25, 0.3) is 11.1 Å². The fourth-order valence-corrected chi connectivity index (χ4v) is 12.6. The maximum atomic E-state index is 15.3. The number of hydrogen-bond donors (Lipinski definition) is 24. The van der Waals surface area contributed by atoms with Crippen LogP contribution in [0.3, 0.4) is 0 Å². The van der Waals surface area contributed by atoms with Crippen LogP contribution in [-0.2, 0) is 57.0 Å². The van der Waals surface area contributed by atoms with E-state index in [2.05, 4.69) is 0 Å². The molecule has 5 heterocycles. The molecule has 1 aliphatic carbocycles. The molecule has 113 heavy (non-hydrogen) atoms. The van der Waals surface area contributed by atoms with Crippen molar-refractivity contribution in [3.63, 3.8) is 0 Å². The highest BCUT2D eigenvalue weighted by Crippen LogP contribution is 2.60. The van der Waals surface area contributed by atoms with Crippen molar-refractivity contribution >= 4 is 53.5 Å². The summed E-state index contributed by atoms with van der Waals surface area (Å²) < 4.78 is 66.4. The Morgan fingerprint density at radius 1 is 0.442 bits per heavy atom. The Labute approximate surface area is 620 Å². The second-order valence-corrected chi connectivity index (χ2v) is 25.1. The Balaban J connectivity index is 0.907. The molecule has 0 aromatic heterocycles. The van der Waals surface area contributed by atoms with E-state index < -0.39 is 333 Å². The van der Waals surface area contributed by atoms with Crippen molar-refractivity contribution in [1.82, 2.24) is 0 Å². The average molecular weight is 1590 g/mol. The fourth-order valence-electron chi connectivity index (χ4n) is 12.6. The number of benzene rings is 7. The Morgan fingerprint density at radius 2 is 0.929 bits per heavy atom. The van der Waals surface area contributed by atoms with Crippen molar-refractivity contribution < 1.29 is 223 Å². The number of aliphatic hydroxyl groups is 5. The zero-order chi connectivity index (χ0) is 82.3. The van der Waals surface area contributed by atoms with Gasteiger partial charge in [0, 0.05) is 28.8 Å². The van der Waals surface area contributed by atoms with Gasteiger partial charge >= 0.3 is 53.5 Å². The quantitative estimate of drug-likeness (QED) is 0.0320. The van der Waals surface area contributed by atoms with Crippen LogP contribution in [0.4, 0.5) is 0 Å². The summed E-state index contributed by atoms with van der Waals surface area (Å²) in [5, 5.41) is 263. The van der Waals surface area contributed by atoms with Gasteiger partial charge in [0.1, 0.15) is 48.8 Å². The molecule has 592 valence electrons. The van der Waals surface area contributed by atoms with Crippen LogP contribution >= 0.6 is 0 Å². The summed E-state index contributed by atoms with van der Waals surface area (Å²) in [4.78, 5) is 129. The summed E-state index contributed by atoms with van der Waals surface area (Å²) in [7, 11) is 0. The summed E-state index contributed by atoms with van der Waals surface area (Å²) in [5.74, 6) is -59.2. The molecule has 24 N–H and O–H groups in total. The van der Waals surface area contributed by atoms with Gasteiger partial charge in [-0.3, -0.25) is 4.79 Å². The van der Waals surface area contributed by atoms with Gasteiger partial charge in [-0.2, -0.15) is 0 Å². The molecule has 2 fully saturated rings. The minimum atomic E-state index is -4.07. The lowest BCUT2D eigenvalue weighted by atomic mass is 9.71. The summed E-state index contributed by atoms with van der Waals surface area (Å²) in [6, 6.07) is 4.11. The van der Waals surface area contributed by atoms with E-state index in [4.69, 9.17) is 56.8 Å². The number of esters is 8. The molecule has 0 spiro atoms. The molecule has 0 radical (unpaired) electrons. The third-order valence-electron chi connectivity index (χ3n) is 18.3. The third kappa shape index (κ3) is 12.5. The molecule has 6 aliphatic rings. The van der Waals surface area contributed by atoms with Gasteiger partial charge in [0.2, 0.25) is 53.2 Å². The first-order chi connectivity index (χ1) is 53.0. The lowest BCUT2D eigenvalue weighted by Gasteiger charge is -2.49. The van der Waals surface area contributed by atoms with Gasteiger partial charge in [0.25, 0.3) is 5.79 Å². The van der Waals surface area contributed by atoms with Crippen LogP contribution in [0.15, 0.2) is 72.3 Å². The predicted molar refractivity (Wildman–Crippen MR) is 343 cm³/mol. The van der Waals surface area contributed by atoms with Gasteiger partial charge in [0.05, 0.1) is 39.3 Å². The number of phenolic OH excluding ortho intramolecular Hbond substituents is 19. The van der Waals surface area contributed by atoms with Crippen LogP contribution in [-0.4, -0.2) is 262 Å². The zero-order valence-electron chi connectivity index (χ0n) is 55.4. The molecule has 45 nitrogen and oxygen atoms in total. The second-order valence-electron chi connectivity index (χ2n) is 25.1. The first-order valence-corrected chi connectivity index (χ1v) is 31.6. The van der Waals surface area contributed by atoms with Crippen LogP contribution in [0, 0.1) is 0 Å². The minimum Gasteiger partial charge on any atom is -0.504 e. The maximum absolute atomic E-state index is 15.3. The molecule has 7 aromatic rings. The highest BCUT2D eigenvalue weighted by molar-refractivity contribution is 6.10. The van der Waals surface area contributed by atoms with Crippen molar-refractivity contribution in [2.45, 2.75) is 78.9 Å². The SMILES string of the molecule is O=C1O[C@H]2[C@@H]3OC(=O)c4cc(O)c(O)c(O)c4-c4c(cc(Oc5c(C(=O)O[C@H]6[C@H](OC(=O)c7cc(O)c(O)c(O)c7)O[C@H](COC(=O)c7cc(O)c(O)c(O)c7)[C@@H](O)[C@@H]6O)cc(O)c(O)c5O)c(O)c4O)C(=O)OC[C@@H]2O[C@H](OC(=O)c2cc(O)c(O)c(O)c2)[C@@H]3OC(=O)c2cc3c(c(O)c2O)O[C@]2(O)C(=O)C=C1[C@H]3C2(O)O. The van der Waals surface area contributed by atoms with E-state index >= 15 is 9.59 Å². The van der Waals surface area contributed by atoms with Crippen molar-refractivity contribution in [3.05, 3.63) is 117 Å². The van der Waals surface area contributed by atoms with Crippen molar-refractivity contribution in [3.8, 4) is 138 Å². The van der Waals surface area contributed by atoms with Crippen LogP contribution < -0.4 is 9.47 Å². The van der Waals surface area contributed by atoms with Gasteiger partial charge in [-0.1, -0.05) is 0 Å². The van der Waals surface area contributed by atoms with Crippen LogP contribution in [0.1, 0.15) is 84.0 Å². The molecule has 13 rings (SSSR count). The number of ether oxygens (including phenoxy) is 12. The normalized spacial score (nSPS) is 24.0. The van der Waals surface area contributed by atoms with E-state index in [-0.39, 0.29) is 24.3 Å². The monoisotopic (exact) mass is 1590 g/mol. The molecule has 2 saturated heterocycles. The molecule has 7 aromatic carbocycles. The van der Waals surface area contributed by atoms with Gasteiger partial charge in [-0.15, -0.1) is 0 Å². The summed E-state index contributed by atoms with van der Waals surface area (Å²) in [6.07, 6.45) is -26.2. The lowest BCUT2D eigenvalue weighted by Crippen LogP contribution is -2.70. The van der Waals surface area contributed by atoms with E-state index in [1.807, 2.05) is 0 Å². The largest absolute Gasteiger partial charge is 0.504 e. The molecule has 12 atom stereocenters. The highest BCUT2D eigenvalue weighted by atomic mass is 16.8. The van der Waals surface area contributed by atoms with Crippen molar-refractivity contribution in [1.29, 1.82) is 0 Å². The molecule has 0 unspecified atom stereocenters. The Bertz CT molecular complexity index is 5320. The Hall–Kier alpha value is -14.8. The molecule has 0 amide bonds. The Kier molecular flexibility index (Phi) is 18.5. The van der Waals surface area contributed by atoms with Gasteiger partial charge in [0.15, 0.2) is 116 Å². The molecule has 0 saturated carbocycles. The first-order valence-electron chi connectivity index (χ1n) is 31.6. The van der Waals surface area contributed by atoms with E-state index in [1.54, 1.807) is 0 Å². The number of hydrogen-bond acceptors (Lipinski definition) is 45. The number of carbonyl (C=O) groups is 9. The predicted octanol–water partition coefficient (Wildman–Crippen LogP) is -0.978. The number of cyclic esters (lactones) is 1. The van der Waals surface area contributed by atoms with Gasteiger partial charge in [-0.05, 0) is 54.6 Å². The van der Waals surface area contributed by atoms with Crippen molar-refractivity contribution in [2.24, 2.45) is 0 Å². The number of carbonyl (C=O) groups excluding carboxylic acids is 9. The smallest absolute Gasteiger partial charge is 0.342 e. The highest BCUT2D eigenvalue weighted by Gasteiger charge is 2.70. The summed E-state index contributed by atoms with van der Waals surface area (Å²) >= 11 is 0. The fraction of sp³-hybridized carbons (Fsp3) is 0.221. The second kappa shape index (κ2) is 27.4. The topological polar surface area (TPSA) is 750 Å². The molecule has 8 bridgehead atoms. The van der Waals surface area contributed by atoms with Gasteiger partial charge < -0.3 is 179 Å². The number of aliphatic hydroxyl groups excluding tert-OH is 2. The number of aromatic hydroxyl groups is 19. The van der Waals surface area contributed by atoms with E-state index in [9.17, 15) is 156 Å². The number of phenols is 19. The summed E-state index contributed by atoms with van der Waals surface area (Å²) in [6.45, 7) is -2.84. The lowest BCUT2D eigenvalue weighted by molar-refractivity contribution is -0.339. The molecule has 45 heteroatoms.